The van der Waals surface area contributed by atoms with E-state index in [1.807, 2.05) is 0 Å². The zero-order valence-corrected chi connectivity index (χ0v) is 12.7. The fraction of sp³-hybridized carbons (Fsp3) is 1.00. The quantitative estimate of drug-likeness (QED) is 0.637. The van der Waals surface area contributed by atoms with Crippen LogP contribution in [0, 0.1) is 0 Å². The van der Waals surface area contributed by atoms with E-state index in [9.17, 15) is 0 Å². The van der Waals surface area contributed by atoms with Gasteiger partial charge in [-0.2, -0.15) is 0 Å². The molecule has 18 heavy (non-hydrogen) atoms. The molecule has 0 spiro atoms. The van der Waals surface area contributed by atoms with Crippen molar-refractivity contribution in [2.45, 2.75) is 51.5 Å². The van der Waals surface area contributed by atoms with Crippen LogP contribution in [0.1, 0.15) is 45.4 Å². The second kappa shape index (κ2) is 9.76. The van der Waals surface area contributed by atoms with Crippen LogP contribution in [-0.4, -0.2) is 62.7 Å². The lowest BCUT2D eigenvalue weighted by atomic mass is 10.0. The molecule has 0 aromatic heterocycles. The zero-order chi connectivity index (χ0) is 13.2. The van der Waals surface area contributed by atoms with Crippen LogP contribution in [0.5, 0.6) is 0 Å². The molecule has 108 valence electrons. The van der Waals surface area contributed by atoms with Crippen LogP contribution in [0.15, 0.2) is 0 Å². The molecule has 0 aromatic rings. The highest BCUT2D eigenvalue weighted by Gasteiger charge is 2.19. The number of unbranched alkanes of at least 4 members (excludes halogenated alkanes) is 3. The van der Waals surface area contributed by atoms with Gasteiger partial charge in [0.15, 0.2) is 0 Å². The Morgan fingerprint density at radius 3 is 2.39 bits per heavy atom. The summed E-state index contributed by atoms with van der Waals surface area (Å²) in [5.74, 6) is 0. The molecule has 1 aliphatic rings. The van der Waals surface area contributed by atoms with Crippen molar-refractivity contribution in [3.63, 3.8) is 0 Å². The summed E-state index contributed by atoms with van der Waals surface area (Å²) in [5.41, 5.74) is 0. The van der Waals surface area contributed by atoms with Gasteiger partial charge in [0.2, 0.25) is 0 Å². The van der Waals surface area contributed by atoms with Gasteiger partial charge in [0.25, 0.3) is 0 Å². The maximum Gasteiger partial charge on any atom is 0.0113 e. The van der Waals surface area contributed by atoms with Gasteiger partial charge in [-0.1, -0.05) is 26.2 Å². The lowest BCUT2D eigenvalue weighted by Crippen LogP contribution is -2.44. The number of rotatable bonds is 9. The Bertz CT molecular complexity index is 186. The summed E-state index contributed by atoms with van der Waals surface area (Å²) in [4.78, 5) is 4.99. The summed E-state index contributed by atoms with van der Waals surface area (Å²) < 4.78 is 0. The van der Waals surface area contributed by atoms with Gasteiger partial charge in [0, 0.05) is 19.1 Å². The van der Waals surface area contributed by atoms with Crippen LogP contribution in [0.2, 0.25) is 0 Å². The molecule has 0 atom stereocenters. The van der Waals surface area contributed by atoms with E-state index in [-0.39, 0.29) is 0 Å². The highest BCUT2D eigenvalue weighted by molar-refractivity contribution is 4.77. The van der Waals surface area contributed by atoms with E-state index in [2.05, 4.69) is 36.1 Å². The van der Waals surface area contributed by atoms with E-state index in [4.69, 9.17) is 0 Å². The SMILES string of the molecule is CCCCCCNCCN1CCC(N(C)C)CC1. The van der Waals surface area contributed by atoms with Crippen molar-refractivity contribution < 1.29 is 0 Å². The van der Waals surface area contributed by atoms with E-state index in [1.165, 1.54) is 71.2 Å². The monoisotopic (exact) mass is 255 g/mol. The van der Waals surface area contributed by atoms with Gasteiger partial charge in [-0.05, 0) is 53.0 Å². The third-order valence-electron chi connectivity index (χ3n) is 4.10. The third-order valence-corrected chi connectivity index (χ3v) is 4.10. The van der Waals surface area contributed by atoms with E-state index in [0.29, 0.717) is 0 Å². The summed E-state index contributed by atoms with van der Waals surface area (Å²) in [6.45, 7) is 8.42. The predicted molar refractivity (Wildman–Crippen MR) is 80.2 cm³/mol. The molecule has 0 aliphatic carbocycles. The molecule has 1 heterocycles. The Kier molecular flexibility index (Phi) is 8.64. The third kappa shape index (κ3) is 6.72. The molecular formula is C15H33N3. The van der Waals surface area contributed by atoms with Crippen LogP contribution in [-0.2, 0) is 0 Å². The topological polar surface area (TPSA) is 18.5 Å². The first-order valence-corrected chi connectivity index (χ1v) is 7.83. The van der Waals surface area contributed by atoms with Crippen LogP contribution in [0.25, 0.3) is 0 Å². The minimum atomic E-state index is 0.809. The second-order valence-corrected chi connectivity index (χ2v) is 5.85. The average Bonchev–Trinajstić information content (AvgIpc) is 2.38. The Labute approximate surface area is 114 Å². The summed E-state index contributed by atoms with van der Waals surface area (Å²) in [5, 5.41) is 3.57. The van der Waals surface area contributed by atoms with Crippen molar-refractivity contribution in [2.75, 3.05) is 46.8 Å². The van der Waals surface area contributed by atoms with Crippen LogP contribution < -0.4 is 5.32 Å². The van der Waals surface area contributed by atoms with Gasteiger partial charge < -0.3 is 15.1 Å². The van der Waals surface area contributed by atoms with Crippen molar-refractivity contribution in [3.8, 4) is 0 Å². The molecule has 1 saturated heterocycles. The number of nitrogens with zero attached hydrogens (tertiary/aromatic N) is 2. The van der Waals surface area contributed by atoms with Crippen molar-refractivity contribution in [3.05, 3.63) is 0 Å². The summed E-state index contributed by atoms with van der Waals surface area (Å²) in [7, 11) is 4.41. The predicted octanol–water partition coefficient (Wildman–Crippen LogP) is 2.18. The van der Waals surface area contributed by atoms with Gasteiger partial charge in [0.05, 0.1) is 0 Å². The summed E-state index contributed by atoms with van der Waals surface area (Å²) in [6.07, 6.45) is 8.13. The number of hydrogen-bond donors (Lipinski definition) is 1. The summed E-state index contributed by atoms with van der Waals surface area (Å²) in [6, 6.07) is 0.809. The molecule has 1 aliphatic heterocycles. The Hall–Kier alpha value is -0.120. The molecule has 3 nitrogen and oxygen atoms in total. The van der Waals surface area contributed by atoms with Crippen LogP contribution in [0.3, 0.4) is 0 Å². The molecule has 1 N–H and O–H groups in total. The Morgan fingerprint density at radius 1 is 1.06 bits per heavy atom. The fourth-order valence-electron chi connectivity index (χ4n) is 2.70. The van der Waals surface area contributed by atoms with Crippen molar-refractivity contribution >= 4 is 0 Å². The lowest BCUT2D eigenvalue weighted by Gasteiger charge is -2.35. The normalized spacial score (nSPS) is 18.7. The zero-order valence-electron chi connectivity index (χ0n) is 12.7. The van der Waals surface area contributed by atoms with Gasteiger partial charge >= 0.3 is 0 Å². The first kappa shape index (κ1) is 15.9. The largest absolute Gasteiger partial charge is 0.315 e. The van der Waals surface area contributed by atoms with Crippen LogP contribution >= 0.6 is 0 Å². The highest BCUT2D eigenvalue weighted by atomic mass is 15.2. The number of likely N-dealkylation sites (tertiary alicyclic amines) is 1. The molecule has 1 rings (SSSR count). The van der Waals surface area contributed by atoms with E-state index in [0.717, 1.165) is 6.04 Å². The smallest absolute Gasteiger partial charge is 0.0113 e. The molecule has 0 radical (unpaired) electrons. The Balaban J connectivity index is 1.91. The second-order valence-electron chi connectivity index (χ2n) is 5.85. The van der Waals surface area contributed by atoms with Crippen molar-refractivity contribution in [1.29, 1.82) is 0 Å². The minimum absolute atomic E-state index is 0.809. The number of nitrogens with one attached hydrogen (secondary N) is 1. The lowest BCUT2D eigenvalue weighted by molar-refractivity contribution is 0.145. The Morgan fingerprint density at radius 2 is 1.78 bits per heavy atom. The maximum atomic E-state index is 3.57. The molecule has 0 bridgehead atoms. The first-order valence-electron chi connectivity index (χ1n) is 7.83. The minimum Gasteiger partial charge on any atom is -0.315 e. The molecule has 0 amide bonds. The van der Waals surface area contributed by atoms with Crippen LogP contribution in [0.4, 0.5) is 0 Å². The standard InChI is InChI=1S/C15H33N3/c1-4-5-6-7-10-16-11-14-18-12-8-15(9-13-18)17(2)3/h15-16H,4-14H2,1-3H3. The van der Waals surface area contributed by atoms with E-state index < -0.39 is 0 Å². The maximum absolute atomic E-state index is 3.57. The number of hydrogen-bond acceptors (Lipinski definition) is 3. The van der Waals surface area contributed by atoms with E-state index in [1.54, 1.807) is 0 Å². The van der Waals surface area contributed by atoms with Gasteiger partial charge in [-0.25, -0.2) is 0 Å². The number of piperidine rings is 1. The van der Waals surface area contributed by atoms with Crippen molar-refractivity contribution in [2.24, 2.45) is 0 Å². The molecule has 0 saturated carbocycles. The molecule has 0 aromatic carbocycles. The van der Waals surface area contributed by atoms with Crippen molar-refractivity contribution in [1.82, 2.24) is 15.1 Å². The van der Waals surface area contributed by atoms with Gasteiger partial charge in [-0.15, -0.1) is 0 Å². The fourth-order valence-corrected chi connectivity index (χ4v) is 2.70. The highest BCUT2D eigenvalue weighted by Crippen LogP contribution is 2.13. The molecule has 1 fully saturated rings. The molecule has 3 heteroatoms. The molecular weight excluding hydrogens is 222 g/mol. The van der Waals surface area contributed by atoms with E-state index >= 15 is 0 Å². The van der Waals surface area contributed by atoms with Gasteiger partial charge in [-0.3, -0.25) is 0 Å². The summed E-state index contributed by atoms with van der Waals surface area (Å²) >= 11 is 0. The average molecular weight is 255 g/mol. The molecule has 0 unspecified atom stereocenters. The van der Waals surface area contributed by atoms with Gasteiger partial charge in [0.1, 0.15) is 0 Å². The first-order chi connectivity index (χ1) is 8.74.